The minimum Gasteiger partial charge on any atom is -0.477 e. The van der Waals surface area contributed by atoms with Gasteiger partial charge in [-0.2, -0.15) is 0 Å². The van der Waals surface area contributed by atoms with Gasteiger partial charge in [-0.3, -0.25) is 0 Å². The van der Waals surface area contributed by atoms with Crippen LogP contribution in [-0.4, -0.2) is 52.4 Å². The highest BCUT2D eigenvalue weighted by Crippen LogP contribution is 2.45. The first kappa shape index (κ1) is 15.7. The standard InChI is InChI=1S/C13H22O7/c1-7-9-8(6-17-12(4,5)19-9)18-13(7,10(14)15)20-11(2,3)16/h7-9,16H,6H2,1-5H3,(H,14,15)/t7-,8-,9-,13+/m0/s1. The summed E-state index contributed by atoms with van der Waals surface area (Å²) >= 11 is 0. The number of ether oxygens (including phenoxy) is 4. The zero-order chi connectivity index (χ0) is 15.3. The van der Waals surface area contributed by atoms with E-state index in [2.05, 4.69) is 0 Å². The Hall–Kier alpha value is -0.730. The predicted octanol–water partition coefficient (Wildman–Crippen LogP) is 0.699. The molecule has 0 bridgehead atoms. The monoisotopic (exact) mass is 290 g/mol. The van der Waals surface area contributed by atoms with Crippen LogP contribution in [-0.2, 0) is 23.7 Å². The van der Waals surface area contributed by atoms with E-state index in [1.807, 2.05) is 0 Å². The van der Waals surface area contributed by atoms with Crippen molar-refractivity contribution >= 4 is 5.97 Å². The summed E-state index contributed by atoms with van der Waals surface area (Å²) in [5.74, 6) is -6.28. The van der Waals surface area contributed by atoms with E-state index in [0.717, 1.165) is 0 Å². The van der Waals surface area contributed by atoms with Crippen molar-refractivity contribution in [3.8, 4) is 0 Å². The van der Waals surface area contributed by atoms with Crippen molar-refractivity contribution in [3.05, 3.63) is 0 Å². The molecule has 2 heterocycles. The van der Waals surface area contributed by atoms with Crippen molar-refractivity contribution in [2.75, 3.05) is 6.61 Å². The lowest BCUT2D eigenvalue weighted by atomic mass is 9.94. The lowest BCUT2D eigenvalue weighted by Crippen LogP contribution is -2.52. The molecule has 20 heavy (non-hydrogen) atoms. The molecule has 7 nitrogen and oxygen atoms in total. The van der Waals surface area contributed by atoms with E-state index < -0.39 is 41.5 Å². The zero-order valence-corrected chi connectivity index (χ0v) is 12.4. The SMILES string of the molecule is C[C@H]1[C@@H]2OC(C)(C)OC[C@@H]2O[C@]1(OC(C)(C)O)C(=O)O. The van der Waals surface area contributed by atoms with Crippen LogP contribution in [0, 0.1) is 5.92 Å². The number of carboxylic acid groups (broad SMARTS) is 1. The van der Waals surface area contributed by atoms with Crippen molar-refractivity contribution in [3.63, 3.8) is 0 Å². The van der Waals surface area contributed by atoms with Crippen LogP contribution >= 0.6 is 0 Å². The normalized spacial score (nSPS) is 40.4. The highest BCUT2D eigenvalue weighted by molar-refractivity contribution is 5.76. The van der Waals surface area contributed by atoms with Crippen LogP contribution in [0.3, 0.4) is 0 Å². The van der Waals surface area contributed by atoms with Crippen LogP contribution in [0.4, 0.5) is 0 Å². The summed E-state index contributed by atoms with van der Waals surface area (Å²) in [5, 5.41) is 19.3. The average Bonchev–Trinajstić information content (AvgIpc) is 2.51. The highest BCUT2D eigenvalue weighted by Gasteiger charge is 2.63. The molecule has 0 aromatic heterocycles. The van der Waals surface area contributed by atoms with E-state index in [0.29, 0.717) is 0 Å². The molecule has 0 unspecified atom stereocenters. The molecule has 0 aliphatic carbocycles. The lowest BCUT2D eigenvalue weighted by molar-refractivity contribution is -0.334. The van der Waals surface area contributed by atoms with Gasteiger partial charge < -0.3 is 29.2 Å². The predicted molar refractivity (Wildman–Crippen MR) is 66.7 cm³/mol. The molecule has 2 aliphatic rings. The molecule has 0 spiro atoms. The molecule has 2 fully saturated rings. The van der Waals surface area contributed by atoms with Gasteiger partial charge in [-0.15, -0.1) is 0 Å². The Balaban J connectivity index is 2.30. The van der Waals surface area contributed by atoms with E-state index in [1.54, 1.807) is 20.8 Å². The molecule has 2 N–H and O–H groups in total. The van der Waals surface area contributed by atoms with Gasteiger partial charge in [0.15, 0.2) is 11.6 Å². The molecule has 116 valence electrons. The van der Waals surface area contributed by atoms with Crippen LogP contribution < -0.4 is 0 Å². The van der Waals surface area contributed by atoms with Crippen molar-refractivity contribution in [1.82, 2.24) is 0 Å². The average molecular weight is 290 g/mol. The van der Waals surface area contributed by atoms with Crippen LogP contribution in [0.2, 0.25) is 0 Å². The van der Waals surface area contributed by atoms with Gasteiger partial charge in [-0.1, -0.05) is 6.92 Å². The molecule has 0 saturated carbocycles. The second-order valence-electron chi connectivity index (χ2n) is 6.26. The number of aliphatic carboxylic acids is 1. The fourth-order valence-corrected chi connectivity index (χ4v) is 2.67. The van der Waals surface area contributed by atoms with Crippen LogP contribution in [0.1, 0.15) is 34.6 Å². The Kier molecular flexibility index (Phi) is 3.63. The fraction of sp³-hybridized carbons (Fsp3) is 0.923. The maximum Gasteiger partial charge on any atom is 0.364 e. The van der Waals surface area contributed by atoms with E-state index >= 15 is 0 Å². The van der Waals surface area contributed by atoms with Crippen molar-refractivity contribution in [1.29, 1.82) is 0 Å². The largest absolute Gasteiger partial charge is 0.477 e. The second-order valence-corrected chi connectivity index (χ2v) is 6.26. The Morgan fingerprint density at radius 2 is 1.95 bits per heavy atom. The van der Waals surface area contributed by atoms with Gasteiger partial charge in [-0.25, -0.2) is 4.79 Å². The molecular formula is C13H22O7. The zero-order valence-electron chi connectivity index (χ0n) is 12.4. The number of hydrogen-bond acceptors (Lipinski definition) is 6. The van der Waals surface area contributed by atoms with Crippen molar-refractivity contribution in [2.24, 2.45) is 5.92 Å². The summed E-state index contributed by atoms with van der Waals surface area (Å²) < 4.78 is 22.1. The molecule has 2 saturated heterocycles. The molecule has 0 aromatic rings. The van der Waals surface area contributed by atoms with E-state index in [9.17, 15) is 15.0 Å². The molecular weight excluding hydrogens is 268 g/mol. The summed E-state index contributed by atoms with van der Waals surface area (Å²) in [5.41, 5.74) is 0. The van der Waals surface area contributed by atoms with Gasteiger partial charge in [0.2, 0.25) is 0 Å². The summed E-state index contributed by atoms with van der Waals surface area (Å²) in [6, 6.07) is 0. The minimum atomic E-state index is -1.95. The Morgan fingerprint density at radius 3 is 2.45 bits per heavy atom. The van der Waals surface area contributed by atoms with Gasteiger partial charge in [0.25, 0.3) is 5.79 Å². The van der Waals surface area contributed by atoms with Gasteiger partial charge in [0, 0.05) is 0 Å². The molecule has 0 radical (unpaired) electrons. The van der Waals surface area contributed by atoms with E-state index in [1.165, 1.54) is 13.8 Å². The molecule has 2 rings (SSSR count). The summed E-state index contributed by atoms with van der Waals surface area (Å²) in [4.78, 5) is 11.7. The number of hydrogen-bond donors (Lipinski definition) is 2. The first-order valence-corrected chi connectivity index (χ1v) is 6.62. The van der Waals surface area contributed by atoms with E-state index in [4.69, 9.17) is 18.9 Å². The van der Waals surface area contributed by atoms with Gasteiger partial charge in [-0.05, 0) is 27.7 Å². The lowest BCUT2D eigenvalue weighted by Gasteiger charge is -2.38. The number of aliphatic hydroxyl groups is 1. The van der Waals surface area contributed by atoms with Crippen molar-refractivity contribution < 1.29 is 34.0 Å². The van der Waals surface area contributed by atoms with Crippen LogP contribution in [0.15, 0.2) is 0 Å². The topological polar surface area (TPSA) is 94.5 Å². The Labute approximate surface area is 117 Å². The van der Waals surface area contributed by atoms with Crippen molar-refractivity contribution in [2.45, 2.75) is 64.2 Å². The number of fused-ring (bicyclic) bond motifs is 1. The Morgan fingerprint density at radius 1 is 1.35 bits per heavy atom. The minimum absolute atomic E-state index is 0.215. The molecule has 7 heteroatoms. The third-order valence-corrected chi connectivity index (χ3v) is 3.50. The van der Waals surface area contributed by atoms with Crippen LogP contribution in [0.5, 0.6) is 0 Å². The second kappa shape index (κ2) is 4.64. The smallest absolute Gasteiger partial charge is 0.364 e. The Bertz CT molecular complexity index is 400. The number of carbonyl (C=O) groups is 1. The maximum atomic E-state index is 11.7. The number of rotatable bonds is 3. The highest BCUT2D eigenvalue weighted by atomic mass is 16.8. The summed E-state index contributed by atoms with van der Waals surface area (Å²) in [7, 11) is 0. The molecule has 2 aliphatic heterocycles. The van der Waals surface area contributed by atoms with E-state index in [-0.39, 0.29) is 6.61 Å². The summed E-state index contributed by atoms with van der Waals surface area (Å²) in [6.45, 7) is 8.12. The third-order valence-electron chi connectivity index (χ3n) is 3.50. The quantitative estimate of drug-likeness (QED) is 0.739. The van der Waals surface area contributed by atoms with Crippen LogP contribution in [0.25, 0.3) is 0 Å². The first-order valence-electron chi connectivity index (χ1n) is 6.62. The first-order chi connectivity index (χ1) is 8.97. The number of carboxylic acids is 1. The fourth-order valence-electron chi connectivity index (χ4n) is 2.67. The van der Waals surface area contributed by atoms with Gasteiger partial charge in [0.1, 0.15) is 6.10 Å². The molecule has 4 atom stereocenters. The summed E-state index contributed by atoms with van der Waals surface area (Å²) in [6.07, 6.45) is -1.02. The van der Waals surface area contributed by atoms with Gasteiger partial charge >= 0.3 is 5.97 Å². The molecule has 0 amide bonds. The van der Waals surface area contributed by atoms with Gasteiger partial charge in [0.05, 0.1) is 18.6 Å². The third kappa shape index (κ3) is 2.68. The maximum absolute atomic E-state index is 11.7. The molecule has 0 aromatic carbocycles.